The van der Waals surface area contributed by atoms with Gasteiger partial charge in [-0.15, -0.1) is 0 Å². The Morgan fingerprint density at radius 1 is 1.03 bits per heavy atom. The molecule has 0 atom stereocenters. The summed E-state index contributed by atoms with van der Waals surface area (Å²) < 4.78 is 40.0. The molecule has 0 bridgehead atoms. The average Bonchev–Trinajstić information content (AvgIpc) is 2.72. The normalized spacial score (nSPS) is 11.3. The first-order valence-electron chi connectivity index (χ1n) is 9.33. The predicted octanol–water partition coefficient (Wildman–Crippen LogP) is 3.60. The van der Waals surface area contributed by atoms with Gasteiger partial charge in [-0.3, -0.25) is 4.99 Å². The van der Waals surface area contributed by atoms with E-state index in [0.29, 0.717) is 25.7 Å². The number of methoxy groups -OCH3 is 1. The lowest BCUT2D eigenvalue weighted by atomic mass is 10.1. The van der Waals surface area contributed by atoms with E-state index in [1.165, 1.54) is 11.6 Å². The minimum atomic E-state index is -2.90. The monoisotopic (exact) mass is 407 g/mol. The van der Waals surface area contributed by atoms with E-state index in [1.807, 2.05) is 24.3 Å². The van der Waals surface area contributed by atoms with Crippen molar-refractivity contribution in [3.8, 4) is 17.2 Å². The second-order valence-corrected chi connectivity index (χ2v) is 6.04. The number of halogens is 2. The molecule has 2 N–H and O–H groups in total. The van der Waals surface area contributed by atoms with E-state index in [1.54, 1.807) is 33.2 Å². The molecule has 2 aromatic rings. The lowest BCUT2D eigenvalue weighted by molar-refractivity contribution is -0.0514. The summed E-state index contributed by atoms with van der Waals surface area (Å²) in [6.07, 6.45) is 0.832. The first-order valence-corrected chi connectivity index (χ1v) is 9.33. The molecule has 0 spiro atoms. The van der Waals surface area contributed by atoms with Gasteiger partial charge in [-0.05, 0) is 48.7 Å². The number of aliphatic imine (C=N–C) groups is 1. The summed E-state index contributed by atoms with van der Waals surface area (Å²) in [5.74, 6) is 1.78. The molecule has 29 heavy (non-hydrogen) atoms. The summed E-state index contributed by atoms with van der Waals surface area (Å²) >= 11 is 0. The fourth-order valence-electron chi connectivity index (χ4n) is 2.65. The van der Waals surface area contributed by atoms with Crippen LogP contribution in [0.15, 0.2) is 47.5 Å². The number of alkyl halides is 2. The van der Waals surface area contributed by atoms with Crippen molar-refractivity contribution in [1.82, 2.24) is 10.6 Å². The molecule has 0 unspecified atom stereocenters. The van der Waals surface area contributed by atoms with Crippen LogP contribution < -0.4 is 24.8 Å². The van der Waals surface area contributed by atoms with Gasteiger partial charge in [0, 0.05) is 20.1 Å². The van der Waals surface area contributed by atoms with Gasteiger partial charge in [-0.1, -0.05) is 18.2 Å². The highest BCUT2D eigenvalue weighted by atomic mass is 19.3. The highest BCUT2D eigenvalue weighted by Gasteiger charge is 2.11. The summed E-state index contributed by atoms with van der Waals surface area (Å²) in [7, 11) is 3.33. The second-order valence-electron chi connectivity index (χ2n) is 6.04. The molecule has 6 nitrogen and oxygen atoms in total. The number of nitrogens with one attached hydrogen (secondary N) is 2. The second kappa shape index (κ2) is 11.7. The van der Waals surface area contributed by atoms with Gasteiger partial charge in [0.05, 0.1) is 13.7 Å². The summed E-state index contributed by atoms with van der Waals surface area (Å²) in [4.78, 5) is 4.20. The molecule has 158 valence electrons. The SMILES string of the molecule is CCOc1cc(CNC(=NC)NCCc2ccc(OC)cc2)ccc1OC(F)F. The molecule has 0 heterocycles. The molecule has 8 heteroatoms. The zero-order chi connectivity index (χ0) is 21.1. The predicted molar refractivity (Wildman–Crippen MR) is 109 cm³/mol. The van der Waals surface area contributed by atoms with Gasteiger partial charge >= 0.3 is 6.61 Å². The zero-order valence-electron chi connectivity index (χ0n) is 16.9. The minimum Gasteiger partial charge on any atom is -0.497 e. The van der Waals surface area contributed by atoms with Crippen molar-refractivity contribution < 1.29 is 23.0 Å². The number of nitrogens with zero attached hydrogens (tertiary/aromatic N) is 1. The van der Waals surface area contributed by atoms with Gasteiger partial charge in [-0.2, -0.15) is 8.78 Å². The van der Waals surface area contributed by atoms with Crippen LogP contribution in [-0.4, -0.2) is 39.9 Å². The van der Waals surface area contributed by atoms with Crippen LogP contribution in [0.3, 0.4) is 0 Å². The molecule has 2 aromatic carbocycles. The largest absolute Gasteiger partial charge is 0.497 e. The van der Waals surface area contributed by atoms with Crippen molar-refractivity contribution in [1.29, 1.82) is 0 Å². The average molecular weight is 407 g/mol. The third-order valence-corrected chi connectivity index (χ3v) is 4.07. The summed E-state index contributed by atoms with van der Waals surface area (Å²) in [6, 6.07) is 12.8. The number of ether oxygens (including phenoxy) is 3. The molecule has 0 saturated carbocycles. The van der Waals surface area contributed by atoms with Crippen molar-refractivity contribution >= 4 is 5.96 Å². The van der Waals surface area contributed by atoms with Crippen LogP contribution in [0.25, 0.3) is 0 Å². The maximum Gasteiger partial charge on any atom is 0.387 e. The molecular weight excluding hydrogens is 380 g/mol. The molecule has 0 aliphatic heterocycles. The Kier molecular flexibility index (Phi) is 9.01. The van der Waals surface area contributed by atoms with E-state index in [0.717, 1.165) is 17.7 Å². The van der Waals surface area contributed by atoms with Crippen molar-refractivity contribution in [2.24, 2.45) is 4.99 Å². The van der Waals surface area contributed by atoms with E-state index < -0.39 is 6.61 Å². The van der Waals surface area contributed by atoms with E-state index in [4.69, 9.17) is 9.47 Å². The van der Waals surface area contributed by atoms with Crippen LogP contribution in [0.1, 0.15) is 18.1 Å². The van der Waals surface area contributed by atoms with E-state index in [2.05, 4.69) is 20.4 Å². The Balaban J connectivity index is 1.86. The number of hydrogen-bond donors (Lipinski definition) is 2. The van der Waals surface area contributed by atoms with Gasteiger partial charge in [0.15, 0.2) is 17.5 Å². The fourth-order valence-corrected chi connectivity index (χ4v) is 2.65. The molecule has 2 rings (SSSR count). The summed E-state index contributed by atoms with van der Waals surface area (Å²) in [5.41, 5.74) is 2.04. The van der Waals surface area contributed by atoms with Crippen LogP contribution in [0.4, 0.5) is 8.78 Å². The Bertz CT molecular complexity index is 783. The van der Waals surface area contributed by atoms with E-state index >= 15 is 0 Å². The highest BCUT2D eigenvalue weighted by Crippen LogP contribution is 2.29. The first kappa shape index (κ1) is 22.3. The molecule has 0 aliphatic carbocycles. The standard InChI is InChI=1S/C21H27F2N3O3/c1-4-28-19-13-16(7-10-18(19)29-20(22)23)14-26-21(24-2)25-12-11-15-5-8-17(27-3)9-6-15/h5-10,13,20H,4,11-12,14H2,1-3H3,(H2,24,25,26). The van der Waals surface area contributed by atoms with Gasteiger partial charge in [0.2, 0.25) is 0 Å². The van der Waals surface area contributed by atoms with Gasteiger partial charge in [0.1, 0.15) is 5.75 Å². The lowest BCUT2D eigenvalue weighted by Gasteiger charge is -2.15. The van der Waals surface area contributed by atoms with Crippen molar-refractivity contribution in [2.45, 2.75) is 26.5 Å². The van der Waals surface area contributed by atoms with Crippen LogP contribution in [-0.2, 0) is 13.0 Å². The summed E-state index contributed by atoms with van der Waals surface area (Å²) in [5, 5.41) is 6.44. The zero-order valence-corrected chi connectivity index (χ0v) is 16.9. The Morgan fingerprint density at radius 2 is 1.76 bits per heavy atom. The van der Waals surface area contributed by atoms with Gasteiger partial charge < -0.3 is 24.8 Å². The van der Waals surface area contributed by atoms with Gasteiger partial charge in [0.25, 0.3) is 0 Å². The van der Waals surface area contributed by atoms with Crippen molar-refractivity contribution in [2.75, 3.05) is 27.3 Å². The van der Waals surface area contributed by atoms with E-state index in [-0.39, 0.29) is 11.5 Å². The number of guanidine groups is 1. The Labute approximate surface area is 169 Å². The van der Waals surface area contributed by atoms with Crippen molar-refractivity contribution in [3.63, 3.8) is 0 Å². The smallest absolute Gasteiger partial charge is 0.387 e. The number of hydrogen-bond acceptors (Lipinski definition) is 4. The number of rotatable bonds is 10. The molecule has 0 saturated heterocycles. The Morgan fingerprint density at radius 3 is 2.38 bits per heavy atom. The molecule has 0 amide bonds. The maximum absolute atomic E-state index is 12.5. The topological polar surface area (TPSA) is 64.1 Å². The van der Waals surface area contributed by atoms with Gasteiger partial charge in [-0.25, -0.2) is 0 Å². The lowest BCUT2D eigenvalue weighted by Crippen LogP contribution is -2.37. The van der Waals surface area contributed by atoms with Crippen LogP contribution in [0, 0.1) is 0 Å². The summed E-state index contributed by atoms with van der Waals surface area (Å²) in [6.45, 7) is 0.401. The van der Waals surface area contributed by atoms with Crippen molar-refractivity contribution in [3.05, 3.63) is 53.6 Å². The van der Waals surface area contributed by atoms with Crippen LogP contribution in [0.5, 0.6) is 17.2 Å². The maximum atomic E-state index is 12.5. The van der Waals surface area contributed by atoms with Crippen LogP contribution in [0.2, 0.25) is 0 Å². The third kappa shape index (κ3) is 7.48. The molecule has 0 aliphatic rings. The third-order valence-electron chi connectivity index (χ3n) is 4.07. The van der Waals surface area contributed by atoms with Crippen LogP contribution >= 0.6 is 0 Å². The molecule has 0 fully saturated rings. The van der Waals surface area contributed by atoms with E-state index in [9.17, 15) is 8.78 Å². The first-order chi connectivity index (χ1) is 14.0. The molecule has 0 radical (unpaired) electrons. The minimum absolute atomic E-state index is 0.0209. The highest BCUT2D eigenvalue weighted by molar-refractivity contribution is 5.79. The quantitative estimate of drug-likeness (QED) is 0.465. The number of benzene rings is 2. The molecular formula is C21H27F2N3O3. The Hall–Kier alpha value is -3.03. The molecule has 0 aromatic heterocycles. The fraction of sp³-hybridized carbons (Fsp3) is 0.381.